The average molecular weight is 369 g/mol. The first-order valence-electron chi connectivity index (χ1n) is 8.95. The van der Waals surface area contributed by atoms with Gasteiger partial charge in [-0.1, -0.05) is 36.4 Å². The van der Waals surface area contributed by atoms with Crippen molar-refractivity contribution in [1.82, 2.24) is 4.90 Å². The lowest BCUT2D eigenvalue weighted by molar-refractivity contribution is -0.132. The molecular formula is C21H24N2O2S. The van der Waals surface area contributed by atoms with Crippen LogP contribution in [0.1, 0.15) is 18.4 Å². The molecule has 26 heavy (non-hydrogen) atoms. The van der Waals surface area contributed by atoms with Crippen LogP contribution < -0.4 is 5.32 Å². The van der Waals surface area contributed by atoms with Crippen molar-refractivity contribution in [3.05, 3.63) is 60.2 Å². The minimum atomic E-state index is -0.0247. The van der Waals surface area contributed by atoms with E-state index < -0.39 is 0 Å². The maximum absolute atomic E-state index is 12.5. The molecule has 1 heterocycles. The minimum absolute atomic E-state index is 0.0247. The number of aryl methyl sites for hydroxylation is 1. The molecule has 5 heteroatoms. The summed E-state index contributed by atoms with van der Waals surface area (Å²) >= 11 is 1.59. The highest BCUT2D eigenvalue weighted by molar-refractivity contribution is 8.00. The van der Waals surface area contributed by atoms with E-state index in [9.17, 15) is 9.59 Å². The summed E-state index contributed by atoms with van der Waals surface area (Å²) in [6, 6.07) is 17.6. The Morgan fingerprint density at radius 1 is 1.04 bits per heavy atom. The van der Waals surface area contributed by atoms with Gasteiger partial charge in [0.05, 0.1) is 5.75 Å². The number of hydrogen-bond donors (Lipinski definition) is 1. The number of rotatable bonds is 5. The SMILES string of the molecule is Cc1ccccc1SCC(=O)N1CCC(C(=O)Nc2ccccc2)CC1. The summed E-state index contributed by atoms with van der Waals surface area (Å²) < 4.78 is 0. The van der Waals surface area contributed by atoms with E-state index in [4.69, 9.17) is 0 Å². The molecule has 0 atom stereocenters. The molecular weight excluding hydrogens is 344 g/mol. The van der Waals surface area contributed by atoms with Gasteiger partial charge in [-0.15, -0.1) is 11.8 Å². The summed E-state index contributed by atoms with van der Waals surface area (Å²) in [5.41, 5.74) is 2.02. The molecule has 1 aliphatic heterocycles. The molecule has 1 N–H and O–H groups in total. The number of para-hydroxylation sites is 1. The zero-order chi connectivity index (χ0) is 18.4. The largest absolute Gasteiger partial charge is 0.342 e. The fraction of sp³-hybridized carbons (Fsp3) is 0.333. The first kappa shape index (κ1) is 18.5. The number of carbonyl (C=O) groups is 2. The molecule has 1 fully saturated rings. The van der Waals surface area contributed by atoms with E-state index in [-0.39, 0.29) is 17.7 Å². The van der Waals surface area contributed by atoms with Crippen LogP contribution in [-0.2, 0) is 9.59 Å². The Balaban J connectivity index is 1.45. The van der Waals surface area contributed by atoms with Crippen LogP contribution >= 0.6 is 11.8 Å². The maximum Gasteiger partial charge on any atom is 0.232 e. The monoisotopic (exact) mass is 368 g/mol. The first-order valence-corrected chi connectivity index (χ1v) is 9.94. The lowest BCUT2D eigenvalue weighted by atomic mass is 9.96. The van der Waals surface area contributed by atoms with Gasteiger partial charge in [-0.3, -0.25) is 9.59 Å². The molecule has 0 radical (unpaired) electrons. The number of likely N-dealkylation sites (tertiary alicyclic amines) is 1. The van der Waals surface area contributed by atoms with Crippen molar-refractivity contribution in [3.8, 4) is 0 Å². The van der Waals surface area contributed by atoms with Crippen molar-refractivity contribution in [2.75, 3.05) is 24.2 Å². The summed E-state index contributed by atoms with van der Waals surface area (Å²) in [4.78, 5) is 27.9. The van der Waals surface area contributed by atoms with Gasteiger partial charge in [0.25, 0.3) is 0 Å². The van der Waals surface area contributed by atoms with E-state index in [0.717, 1.165) is 23.4 Å². The third kappa shape index (κ3) is 4.88. The number of carbonyl (C=O) groups excluding carboxylic acids is 2. The van der Waals surface area contributed by atoms with Crippen molar-refractivity contribution < 1.29 is 9.59 Å². The lowest BCUT2D eigenvalue weighted by Gasteiger charge is -2.31. The fourth-order valence-electron chi connectivity index (χ4n) is 3.11. The molecule has 2 aromatic carbocycles. The van der Waals surface area contributed by atoms with Crippen LogP contribution in [0.3, 0.4) is 0 Å². The van der Waals surface area contributed by atoms with Gasteiger partial charge in [-0.2, -0.15) is 0 Å². The van der Waals surface area contributed by atoms with Gasteiger partial charge in [0.15, 0.2) is 0 Å². The Morgan fingerprint density at radius 2 is 1.69 bits per heavy atom. The number of amides is 2. The van der Waals surface area contributed by atoms with Gasteiger partial charge in [0.1, 0.15) is 0 Å². The second-order valence-electron chi connectivity index (χ2n) is 6.56. The zero-order valence-corrected chi connectivity index (χ0v) is 15.8. The molecule has 0 spiro atoms. The van der Waals surface area contributed by atoms with Gasteiger partial charge in [0.2, 0.25) is 11.8 Å². The van der Waals surface area contributed by atoms with Crippen LogP contribution in [0.25, 0.3) is 0 Å². The van der Waals surface area contributed by atoms with E-state index in [1.807, 2.05) is 53.4 Å². The molecule has 0 unspecified atom stereocenters. The van der Waals surface area contributed by atoms with Crippen LogP contribution in [0.4, 0.5) is 5.69 Å². The van der Waals surface area contributed by atoms with E-state index in [1.165, 1.54) is 5.56 Å². The zero-order valence-electron chi connectivity index (χ0n) is 15.0. The van der Waals surface area contributed by atoms with Crippen molar-refractivity contribution >= 4 is 29.3 Å². The molecule has 2 amide bonds. The smallest absolute Gasteiger partial charge is 0.232 e. The predicted molar refractivity (Wildman–Crippen MR) is 106 cm³/mol. The second kappa shape index (κ2) is 8.90. The van der Waals surface area contributed by atoms with Crippen molar-refractivity contribution in [2.24, 2.45) is 5.92 Å². The van der Waals surface area contributed by atoms with Gasteiger partial charge < -0.3 is 10.2 Å². The highest BCUT2D eigenvalue weighted by Crippen LogP contribution is 2.24. The van der Waals surface area contributed by atoms with E-state index >= 15 is 0 Å². The standard InChI is InChI=1S/C21H24N2O2S/c1-16-7-5-6-10-19(16)26-15-20(24)23-13-11-17(12-14-23)21(25)22-18-8-3-2-4-9-18/h2-10,17H,11-15H2,1H3,(H,22,25). The lowest BCUT2D eigenvalue weighted by Crippen LogP contribution is -2.42. The van der Waals surface area contributed by atoms with Crippen molar-refractivity contribution in [1.29, 1.82) is 0 Å². The molecule has 0 aromatic heterocycles. The Hall–Kier alpha value is -2.27. The molecule has 3 rings (SSSR count). The highest BCUT2D eigenvalue weighted by Gasteiger charge is 2.27. The number of piperidine rings is 1. The molecule has 2 aromatic rings. The second-order valence-corrected chi connectivity index (χ2v) is 7.58. The molecule has 0 bridgehead atoms. The number of nitrogens with zero attached hydrogens (tertiary/aromatic N) is 1. The van der Waals surface area contributed by atoms with Crippen LogP contribution in [0.15, 0.2) is 59.5 Å². The molecule has 0 saturated carbocycles. The molecule has 1 saturated heterocycles. The van der Waals surface area contributed by atoms with E-state index in [0.29, 0.717) is 18.8 Å². The Labute approximate surface area is 159 Å². The summed E-state index contributed by atoms with van der Waals surface area (Å²) in [6.45, 7) is 3.36. The quantitative estimate of drug-likeness (QED) is 0.813. The van der Waals surface area contributed by atoms with E-state index in [2.05, 4.69) is 18.3 Å². The normalized spacial score (nSPS) is 14.9. The number of hydrogen-bond acceptors (Lipinski definition) is 3. The Bertz CT molecular complexity index is 756. The minimum Gasteiger partial charge on any atom is -0.342 e. The predicted octanol–water partition coefficient (Wildman–Crippen LogP) is 3.96. The van der Waals surface area contributed by atoms with Crippen LogP contribution in [0.2, 0.25) is 0 Å². The summed E-state index contributed by atoms with van der Waals surface area (Å²) in [6.07, 6.45) is 1.44. The number of thioether (sulfide) groups is 1. The molecule has 0 aliphatic carbocycles. The summed E-state index contributed by atoms with van der Waals surface area (Å²) in [5.74, 6) is 0.632. The third-order valence-electron chi connectivity index (χ3n) is 4.70. The van der Waals surface area contributed by atoms with Crippen molar-refractivity contribution in [2.45, 2.75) is 24.7 Å². The van der Waals surface area contributed by atoms with Crippen LogP contribution in [0, 0.1) is 12.8 Å². The van der Waals surface area contributed by atoms with Crippen molar-refractivity contribution in [3.63, 3.8) is 0 Å². The fourth-order valence-corrected chi connectivity index (χ4v) is 4.04. The first-order chi connectivity index (χ1) is 12.6. The Kier molecular flexibility index (Phi) is 6.34. The molecule has 136 valence electrons. The van der Waals surface area contributed by atoms with Gasteiger partial charge in [0, 0.05) is 29.6 Å². The Morgan fingerprint density at radius 3 is 2.38 bits per heavy atom. The molecule has 1 aliphatic rings. The number of anilines is 1. The van der Waals surface area contributed by atoms with Crippen LogP contribution in [-0.4, -0.2) is 35.6 Å². The number of benzene rings is 2. The van der Waals surface area contributed by atoms with Crippen LogP contribution in [0.5, 0.6) is 0 Å². The average Bonchev–Trinajstić information content (AvgIpc) is 2.68. The van der Waals surface area contributed by atoms with Gasteiger partial charge in [-0.05, 0) is 43.5 Å². The van der Waals surface area contributed by atoms with Gasteiger partial charge in [-0.25, -0.2) is 0 Å². The number of nitrogens with one attached hydrogen (secondary N) is 1. The highest BCUT2D eigenvalue weighted by atomic mass is 32.2. The summed E-state index contributed by atoms with van der Waals surface area (Å²) in [7, 11) is 0. The molecule has 4 nitrogen and oxygen atoms in total. The summed E-state index contributed by atoms with van der Waals surface area (Å²) in [5, 5.41) is 2.96. The van der Waals surface area contributed by atoms with E-state index in [1.54, 1.807) is 11.8 Å². The third-order valence-corrected chi connectivity index (χ3v) is 5.86. The topological polar surface area (TPSA) is 49.4 Å². The van der Waals surface area contributed by atoms with Gasteiger partial charge >= 0.3 is 0 Å². The maximum atomic E-state index is 12.5.